The number of aromatic hydroxyl groups is 1. The van der Waals surface area contributed by atoms with Gasteiger partial charge >= 0.3 is 0 Å². The largest absolute Gasteiger partial charge is 0.505 e. The van der Waals surface area contributed by atoms with Crippen LogP contribution in [0.3, 0.4) is 0 Å². The maximum Gasteiger partial charge on any atom is 0.276 e. The van der Waals surface area contributed by atoms with Crippen molar-refractivity contribution in [1.29, 1.82) is 0 Å². The van der Waals surface area contributed by atoms with E-state index in [0.717, 1.165) is 39.0 Å². The first-order valence-electron chi connectivity index (χ1n) is 6.86. The average Bonchev–Trinajstić information content (AvgIpc) is 2.45. The van der Waals surface area contributed by atoms with Gasteiger partial charge in [0.05, 0.1) is 0 Å². The zero-order chi connectivity index (χ0) is 13.7. The summed E-state index contributed by atoms with van der Waals surface area (Å²) in [7, 11) is 0. The molecule has 0 atom stereocenters. The number of nitrogens with one attached hydrogen (secondary N) is 1. The molecule has 1 fully saturated rings. The van der Waals surface area contributed by atoms with Crippen LogP contribution in [0.2, 0.25) is 0 Å². The smallest absolute Gasteiger partial charge is 0.276 e. The van der Waals surface area contributed by atoms with Gasteiger partial charge in [0.15, 0.2) is 5.69 Å². The van der Waals surface area contributed by atoms with Crippen LogP contribution in [-0.2, 0) is 0 Å². The first-order valence-corrected chi connectivity index (χ1v) is 6.86. The Labute approximate surface area is 113 Å². The van der Waals surface area contributed by atoms with Gasteiger partial charge in [-0.3, -0.25) is 4.79 Å². The molecule has 2 rings (SSSR count). The Morgan fingerprint density at radius 2 is 2.26 bits per heavy atom. The Morgan fingerprint density at radius 1 is 1.53 bits per heavy atom. The van der Waals surface area contributed by atoms with Crippen molar-refractivity contribution in [2.45, 2.75) is 19.8 Å². The van der Waals surface area contributed by atoms with Gasteiger partial charge in [-0.05, 0) is 44.0 Å². The lowest BCUT2D eigenvalue weighted by Crippen LogP contribution is -2.41. The topological polar surface area (TPSA) is 65.5 Å². The van der Waals surface area contributed by atoms with E-state index in [2.05, 4.69) is 17.2 Å². The van der Waals surface area contributed by atoms with Gasteiger partial charge in [0.25, 0.3) is 5.91 Å². The number of rotatable bonds is 4. The molecule has 5 nitrogen and oxygen atoms in total. The summed E-state index contributed by atoms with van der Waals surface area (Å²) in [5, 5.41) is 13.0. The summed E-state index contributed by atoms with van der Waals surface area (Å²) in [6.07, 6.45) is 3.55. The lowest BCUT2D eigenvalue weighted by Gasteiger charge is -2.32. The highest BCUT2D eigenvalue weighted by molar-refractivity contribution is 5.94. The molecule has 0 aromatic carbocycles. The van der Waals surface area contributed by atoms with E-state index in [-0.39, 0.29) is 17.4 Å². The van der Waals surface area contributed by atoms with Crippen LogP contribution in [0.4, 0.5) is 0 Å². The van der Waals surface area contributed by atoms with E-state index >= 15 is 0 Å². The molecular formula is C14H21N3O2. The normalized spacial score (nSPS) is 16.6. The van der Waals surface area contributed by atoms with Gasteiger partial charge in [-0.2, -0.15) is 0 Å². The lowest BCUT2D eigenvalue weighted by atomic mass is 9.96. The molecule has 0 unspecified atom stereocenters. The molecule has 1 aromatic rings. The molecule has 104 valence electrons. The minimum Gasteiger partial charge on any atom is -0.505 e. The minimum absolute atomic E-state index is 0.0396. The second-order valence-electron chi connectivity index (χ2n) is 4.91. The fraction of sp³-hybridized carbons (Fsp3) is 0.571. The molecule has 1 aliphatic rings. The molecule has 1 saturated heterocycles. The Kier molecular flexibility index (Phi) is 4.74. The summed E-state index contributed by atoms with van der Waals surface area (Å²) >= 11 is 0. The number of carbonyl (C=O) groups is 1. The molecule has 1 aromatic heterocycles. The molecule has 1 aliphatic heterocycles. The van der Waals surface area contributed by atoms with Crippen LogP contribution < -0.4 is 5.32 Å². The van der Waals surface area contributed by atoms with E-state index in [1.54, 1.807) is 11.0 Å². The van der Waals surface area contributed by atoms with Crippen molar-refractivity contribution in [3.8, 4) is 5.75 Å². The van der Waals surface area contributed by atoms with Crippen molar-refractivity contribution in [1.82, 2.24) is 15.2 Å². The Hall–Kier alpha value is -1.62. The van der Waals surface area contributed by atoms with E-state index in [9.17, 15) is 9.90 Å². The zero-order valence-electron chi connectivity index (χ0n) is 11.3. The first kappa shape index (κ1) is 13.8. The van der Waals surface area contributed by atoms with Gasteiger partial charge in [0.2, 0.25) is 0 Å². The molecule has 0 aliphatic carbocycles. The molecule has 0 bridgehead atoms. The molecule has 2 heterocycles. The number of hydrogen-bond acceptors (Lipinski definition) is 4. The van der Waals surface area contributed by atoms with Gasteiger partial charge in [0, 0.05) is 19.3 Å². The third kappa shape index (κ3) is 3.44. The minimum atomic E-state index is -0.167. The Bertz CT molecular complexity index is 428. The maximum absolute atomic E-state index is 12.2. The van der Waals surface area contributed by atoms with Gasteiger partial charge in [-0.25, -0.2) is 4.98 Å². The van der Waals surface area contributed by atoms with E-state index in [4.69, 9.17) is 0 Å². The molecule has 2 N–H and O–H groups in total. The zero-order valence-corrected chi connectivity index (χ0v) is 11.3. The molecule has 1 amide bonds. The number of nitrogens with zero attached hydrogens (tertiary/aromatic N) is 2. The summed E-state index contributed by atoms with van der Waals surface area (Å²) in [4.78, 5) is 18.0. The Balaban J connectivity index is 1.91. The molecule has 19 heavy (non-hydrogen) atoms. The van der Waals surface area contributed by atoms with Crippen LogP contribution in [-0.4, -0.2) is 47.1 Å². The Morgan fingerprint density at radius 3 is 2.89 bits per heavy atom. The first-order chi connectivity index (χ1) is 9.22. The maximum atomic E-state index is 12.2. The van der Waals surface area contributed by atoms with Crippen LogP contribution in [0.1, 0.15) is 30.3 Å². The van der Waals surface area contributed by atoms with E-state index in [0.29, 0.717) is 5.92 Å². The van der Waals surface area contributed by atoms with Crippen LogP contribution in [0.15, 0.2) is 18.3 Å². The van der Waals surface area contributed by atoms with Crippen molar-refractivity contribution < 1.29 is 9.90 Å². The van der Waals surface area contributed by atoms with Gasteiger partial charge in [-0.15, -0.1) is 0 Å². The van der Waals surface area contributed by atoms with E-state index in [1.165, 1.54) is 12.3 Å². The number of piperidine rings is 1. The number of pyridine rings is 1. The quantitative estimate of drug-likeness (QED) is 0.858. The van der Waals surface area contributed by atoms with Crippen LogP contribution in [0.5, 0.6) is 5.75 Å². The van der Waals surface area contributed by atoms with Crippen molar-refractivity contribution in [3.63, 3.8) is 0 Å². The second-order valence-corrected chi connectivity index (χ2v) is 4.91. The van der Waals surface area contributed by atoms with E-state index in [1.807, 2.05) is 0 Å². The lowest BCUT2D eigenvalue weighted by molar-refractivity contribution is 0.0681. The predicted octanol–water partition coefficient (Wildman–Crippen LogP) is 1.25. The van der Waals surface area contributed by atoms with Crippen molar-refractivity contribution in [3.05, 3.63) is 24.0 Å². The number of amides is 1. The van der Waals surface area contributed by atoms with Crippen LogP contribution in [0, 0.1) is 5.92 Å². The second kappa shape index (κ2) is 6.52. The third-order valence-electron chi connectivity index (χ3n) is 3.57. The number of aromatic nitrogens is 1. The van der Waals surface area contributed by atoms with Crippen molar-refractivity contribution >= 4 is 5.91 Å². The SMILES string of the molecule is CCNCC1CCN(C(=O)c2ncccc2O)CC1. The fourth-order valence-corrected chi connectivity index (χ4v) is 2.40. The van der Waals surface area contributed by atoms with E-state index < -0.39 is 0 Å². The van der Waals surface area contributed by atoms with Gasteiger partial charge in [-0.1, -0.05) is 6.92 Å². The van der Waals surface area contributed by atoms with Crippen molar-refractivity contribution in [2.75, 3.05) is 26.2 Å². The number of hydrogen-bond donors (Lipinski definition) is 2. The van der Waals surface area contributed by atoms with Gasteiger partial charge < -0.3 is 15.3 Å². The number of likely N-dealkylation sites (tertiary alicyclic amines) is 1. The standard InChI is InChI=1S/C14H21N3O2/c1-2-15-10-11-5-8-17(9-6-11)14(19)13-12(18)4-3-7-16-13/h3-4,7,11,15,18H,2,5-6,8-10H2,1H3. The molecule has 0 saturated carbocycles. The summed E-state index contributed by atoms with van der Waals surface area (Å²) in [6.45, 7) is 5.59. The fourth-order valence-electron chi connectivity index (χ4n) is 2.40. The van der Waals surface area contributed by atoms with Crippen LogP contribution >= 0.6 is 0 Å². The molecule has 0 radical (unpaired) electrons. The highest BCUT2D eigenvalue weighted by Crippen LogP contribution is 2.21. The average molecular weight is 263 g/mol. The highest BCUT2D eigenvalue weighted by atomic mass is 16.3. The predicted molar refractivity (Wildman–Crippen MR) is 73.1 cm³/mol. The van der Waals surface area contributed by atoms with Gasteiger partial charge in [0.1, 0.15) is 5.75 Å². The molecular weight excluding hydrogens is 242 g/mol. The molecule has 5 heteroatoms. The third-order valence-corrected chi connectivity index (χ3v) is 3.57. The summed E-state index contributed by atoms with van der Waals surface area (Å²) in [5.41, 5.74) is 0.160. The summed E-state index contributed by atoms with van der Waals surface area (Å²) in [6, 6.07) is 3.12. The summed E-state index contributed by atoms with van der Waals surface area (Å²) < 4.78 is 0. The van der Waals surface area contributed by atoms with Crippen molar-refractivity contribution in [2.24, 2.45) is 5.92 Å². The molecule has 0 spiro atoms. The summed E-state index contributed by atoms with van der Waals surface area (Å²) in [5.74, 6) is 0.434. The number of carbonyl (C=O) groups excluding carboxylic acids is 1. The highest BCUT2D eigenvalue weighted by Gasteiger charge is 2.25. The van der Waals surface area contributed by atoms with Crippen LogP contribution in [0.25, 0.3) is 0 Å². The monoisotopic (exact) mass is 263 g/mol.